The van der Waals surface area contributed by atoms with E-state index in [1.807, 2.05) is 18.2 Å². The topological polar surface area (TPSA) is 49.8 Å². The number of nitrogens with one attached hydrogen (secondary N) is 2. The molecule has 0 bridgehead atoms. The van der Waals surface area contributed by atoms with Crippen LogP contribution in [0.25, 0.3) is 0 Å². The SMILES string of the molecule is CCCNc1cncc(Nc2cc(Br)ccc2Cl)n1. The van der Waals surface area contributed by atoms with Gasteiger partial charge in [0, 0.05) is 11.0 Å². The zero-order valence-electron chi connectivity index (χ0n) is 10.5. The van der Waals surface area contributed by atoms with E-state index in [0.29, 0.717) is 10.8 Å². The van der Waals surface area contributed by atoms with Gasteiger partial charge in [0.1, 0.15) is 5.82 Å². The van der Waals surface area contributed by atoms with E-state index in [2.05, 4.69) is 43.5 Å². The number of rotatable bonds is 5. The zero-order chi connectivity index (χ0) is 13.7. The lowest BCUT2D eigenvalue weighted by Gasteiger charge is -2.09. The van der Waals surface area contributed by atoms with Crippen LogP contribution in [0.15, 0.2) is 35.1 Å². The second kappa shape index (κ2) is 6.73. The van der Waals surface area contributed by atoms with Gasteiger partial charge in [-0.3, -0.25) is 4.98 Å². The van der Waals surface area contributed by atoms with Gasteiger partial charge in [0.05, 0.1) is 23.1 Å². The highest BCUT2D eigenvalue weighted by Gasteiger charge is 2.03. The minimum Gasteiger partial charge on any atom is -0.369 e. The summed E-state index contributed by atoms with van der Waals surface area (Å²) in [5, 5.41) is 6.98. The van der Waals surface area contributed by atoms with E-state index in [1.165, 1.54) is 0 Å². The second-order valence-electron chi connectivity index (χ2n) is 3.97. The average molecular weight is 342 g/mol. The van der Waals surface area contributed by atoms with Crippen LogP contribution < -0.4 is 10.6 Å². The van der Waals surface area contributed by atoms with Crippen molar-refractivity contribution in [3.63, 3.8) is 0 Å². The minimum absolute atomic E-state index is 0.636. The molecule has 1 aromatic heterocycles. The lowest BCUT2D eigenvalue weighted by Crippen LogP contribution is -2.04. The van der Waals surface area contributed by atoms with Gasteiger partial charge in [-0.15, -0.1) is 0 Å². The molecule has 0 aliphatic rings. The van der Waals surface area contributed by atoms with Gasteiger partial charge in [0.2, 0.25) is 0 Å². The van der Waals surface area contributed by atoms with Gasteiger partial charge < -0.3 is 10.6 Å². The first-order valence-electron chi connectivity index (χ1n) is 5.97. The van der Waals surface area contributed by atoms with Crippen LogP contribution in [0.4, 0.5) is 17.3 Å². The van der Waals surface area contributed by atoms with Crippen molar-refractivity contribution in [2.24, 2.45) is 0 Å². The molecular weight excluding hydrogens is 328 g/mol. The maximum Gasteiger partial charge on any atom is 0.151 e. The van der Waals surface area contributed by atoms with E-state index in [1.54, 1.807) is 12.4 Å². The van der Waals surface area contributed by atoms with Gasteiger partial charge in [-0.25, -0.2) is 4.98 Å². The minimum atomic E-state index is 0.636. The zero-order valence-corrected chi connectivity index (χ0v) is 12.8. The van der Waals surface area contributed by atoms with Crippen LogP contribution >= 0.6 is 27.5 Å². The highest BCUT2D eigenvalue weighted by molar-refractivity contribution is 9.10. The molecule has 0 aliphatic heterocycles. The third-order valence-electron chi connectivity index (χ3n) is 2.38. The van der Waals surface area contributed by atoms with Crippen molar-refractivity contribution in [3.8, 4) is 0 Å². The molecule has 6 heteroatoms. The summed E-state index contributed by atoms with van der Waals surface area (Å²) in [5.41, 5.74) is 0.790. The predicted octanol–water partition coefficient (Wildman–Crippen LogP) is 4.46. The normalized spacial score (nSPS) is 10.3. The highest BCUT2D eigenvalue weighted by atomic mass is 79.9. The Morgan fingerprint density at radius 2 is 2.05 bits per heavy atom. The molecule has 2 rings (SSSR count). The number of halogens is 2. The predicted molar refractivity (Wildman–Crippen MR) is 83.2 cm³/mol. The van der Waals surface area contributed by atoms with Crippen molar-refractivity contribution in [3.05, 3.63) is 40.1 Å². The van der Waals surface area contributed by atoms with Crippen LogP contribution in [0.3, 0.4) is 0 Å². The van der Waals surface area contributed by atoms with E-state index >= 15 is 0 Å². The van der Waals surface area contributed by atoms with Crippen molar-refractivity contribution >= 4 is 44.9 Å². The molecule has 19 heavy (non-hydrogen) atoms. The Hall–Kier alpha value is -1.33. The Morgan fingerprint density at radius 3 is 2.84 bits per heavy atom. The summed E-state index contributed by atoms with van der Waals surface area (Å²) in [7, 11) is 0. The maximum absolute atomic E-state index is 6.12. The molecule has 0 amide bonds. The quantitative estimate of drug-likeness (QED) is 0.843. The first-order valence-corrected chi connectivity index (χ1v) is 7.14. The highest BCUT2D eigenvalue weighted by Crippen LogP contribution is 2.28. The molecule has 2 aromatic rings. The van der Waals surface area contributed by atoms with Crippen molar-refractivity contribution in [1.82, 2.24) is 9.97 Å². The molecule has 0 saturated heterocycles. The van der Waals surface area contributed by atoms with Crippen LogP contribution in [-0.2, 0) is 0 Å². The lowest BCUT2D eigenvalue weighted by molar-refractivity contribution is 0.965. The molecule has 0 saturated carbocycles. The smallest absolute Gasteiger partial charge is 0.151 e. The van der Waals surface area contributed by atoms with E-state index in [-0.39, 0.29) is 0 Å². The van der Waals surface area contributed by atoms with E-state index in [0.717, 1.165) is 28.9 Å². The fourth-order valence-corrected chi connectivity index (χ4v) is 2.02. The van der Waals surface area contributed by atoms with Crippen LogP contribution in [0.2, 0.25) is 5.02 Å². The Bertz CT molecular complexity index is 562. The Morgan fingerprint density at radius 1 is 1.26 bits per heavy atom. The summed E-state index contributed by atoms with van der Waals surface area (Å²) < 4.78 is 0.952. The second-order valence-corrected chi connectivity index (χ2v) is 5.29. The lowest BCUT2D eigenvalue weighted by atomic mass is 10.3. The number of benzene rings is 1. The van der Waals surface area contributed by atoms with Crippen LogP contribution in [0.1, 0.15) is 13.3 Å². The molecular formula is C13H14BrClN4. The van der Waals surface area contributed by atoms with Gasteiger partial charge in [-0.2, -0.15) is 0 Å². The van der Waals surface area contributed by atoms with E-state index in [9.17, 15) is 0 Å². The van der Waals surface area contributed by atoms with Crippen LogP contribution in [0.5, 0.6) is 0 Å². The number of hydrogen-bond donors (Lipinski definition) is 2. The first kappa shape index (κ1) is 14.1. The molecule has 4 nitrogen and oxygen atoms in total. The largest absolute Gasteiger partial charge is 0.369 e. The number of hydrogen-bond acceptors (Lipinski definition) is 4. The van der Waals surface area contributed by atoms with Crippen LogP contribution in [-0.4, -0.2) is 16.5 Å². The average Bonchev–Trinajstić information content (AvgIpc) is 2.41. The summed E-state index contributed by atoms with van der Waals surface area (Å²) in [4.78, 5) is 8.56. The molecule has 0 spiro atoms. The Balaban J connectivity index is 2.16. The molecule has 0 atom stereocenters. The summed E-state index contributed by atoms with van der Waals surface area (Å²) in [6.07, 6.45) is 4.40. The fourth-order valence-electron chi connectivity index (χ4n) is 1.50. The van der Waals surface area contributed by atoms with Gasteiger partial charge in [0.15, 0.2) is 5.82 Å². The van der Waals surface area contributed by atoms with Crippen molar-refractivity contribution < 1.29 is 0 Å². The Labute approximate surface area is 125 Å². The van der Waals surface area contributed by atoms with Gasteiger partial charge in [-0.1, -0.05) is 34.5 Å². The standard InChI is InChI=1S/C13H14BrClN4/c1-2-5-17-12-7-16-8-13(19-12)18-11-6-9(14)3-4-10(11)15/h3-4,6-8H,2,5H2,1H3,(H2,17,18,19). The first-order chi connectivity index (χ1) is 9.19. The number of anilines is 3. The van der Waals surface area contributed by atoms with Gasteiger partial charge >= 0.3 is 0 Å². The number of aromatic nitrogens is 2. The van der Waals surface area contributed by atoms with E-state index < -0.39 is 0 Å². The van der Waals surface area contributed by atoms with Crippen molar-refractivity contribution in [1.29, 1.82) is 0 Å². The van der Waals surface area contributed by atoms with Crippen molar-refractivity contribution in [2.45, 2.75) is 13.3 Å². The summed E-state index contributed by atoms with van der Waals surface area (Å²) >= 11 is 9.53. The molecule has 1 aromatic carbocycles. The van der Waals surface area contributed by atoms with Gasteiger partial charge in [-0.05, 0) is 24.6 Å². The molecule has 0 fully saturated rings. The Kier molecular flexibility index (Phi) is 4.99. The monoisotopic (exact) mass is 340 g/mol. The summed E-state index contributed by atoms with van der Waals surface area (Å²) in [5.74, 6) is 1.40. The van der Waals surface area contributed by atoms with Gasteiger partial charge in [0.25, 0.3) is 0 Å². The fraction of sp³-hybridized carbons (Fsp3) is 0.231. The number of nitrogens with zero attached hydrogens (tertiary/aromatic N) is 2. The molecule has 0 unspecified atom stereocenters. The molecule has 0 aliphatic carbocycles. The molecule has 1 heterocycles. The van der Waals surface area contributed by atoms with E-state index in [4.69, 9.17) is 11.6 Å². The summed E-state index contributed by atoms with van der Waals surface area (Å²) in [6, 6.07) is 5.61. The third kappa shape index (κ3) is 4.08. The van der Waals surface area contributed by atoms with Crippen LogP contribution in [0, 0.1) is 0 Å². The molecule has 2 N–H and O–H groups in total. The van der Waals surface area contributed by atoms with Crippen molar-refractivity contribution in [2.75, 3.05) is 17.2 Å². The molecule has 0 radical (unpaired) electrons. The maximum atomic E-state index is 6.12. The summed E-state index contributed by atoms with van der Waals surface area (Å²) in [6.45, 7) is 2.97. The third-order valence-corrected chi connectivity index (χ3v) is 3.20. The molecule has 100 valence electrons.